The molecule has 0 unspecified atom stereocenters. The first-order chi connectivity index (χ1) is 15.1. The number of hydrogen-bond donors (Lipinski definition) is 1. The van der Waals surface area contributed by atoms with Crippen LogP contribution in [0, 0.1) is 13.8 Å². The maximum absolute atomic E-state index is 12.1. The molecule has 0 saturated carbocycles. The Bertz CT molecular complexity index is 1190. The van der Waals surface area contributed by atoms with Crippen LogP contribution in [0.25, 0.3) is 16.8 Å². The molecule has 0 atom stereocenters. The normalized spacial score (nSPS) is 11.0. The minimum Gasteiger partial charge on any atom is -0.318 e. The quantitative estimate of drug-likeness (QED) is 0.335. The number of rotatable bonds is 6. The maximum Gasteiger partial charge on any atom is 0.244 e. The van der Waals surface area contributed by atoms with Gasteiger partial charge in [-0.3, -0.25) is 4.79 Å². The van der Waals surface area contributed by atoms with Crippen molar-refractivity contribution in [3.05, 3.63) is 114 Å². The third-order valence-corrected chi connectivity index (χ3v) is 5.30. The summed E-state index contributed by atoms with van der Waals surface area (Å²) in [7, 11) is 0. The highest BCUT2D eigenvalue weighted by Crippen LogP contribution is 2.24. The van der Waals surface area contributed by atoms with Gasteiger partial charge in [-0.05, 0) is 48.7 Å². The van der Waals surface area contributed by atoms with Gasteiger partial charge in [-0.15, -0.1) is 0 Å². The van der Waals surface area contributed by atoms with Gasteiger partial charge in [0, 0.05) is 22.6 Å². The number of carbonyl (C=O) groups excluding carboxylic acids is 1. The Kier molecular flexibility index (Phi) is 6.08. The summed E-state index contributed by atoms with van der Waals surface area (Å²) in [5.74, 6) is -0.132. The molecular formula is C27H25N3O. The number of aryl methyl sites for hydroxylation is 1. The first-order valence-corrected chi connectivity index (χ1v) is 10.3. The minimum atomic E-state index is -0.132. The molecule has 0 saturated heterocycles. The van der Waals surface area contributed by atoms with Crippen molar-refractivity contribution in [3.63, 3.8) is 0 Å². The molecule has 154 valence electrons. The molecule has 0 spiro atoms. The second-order valence-corrected chi connectivity index (χ2v) is 7.53. The van der Waals surface area contributed by atoms with Crippen LogP contribution in [-0.2, 0) is 11.2 Å². The number of hydrazone groups is 1. The number of amides is 1. The lowest BCUT2D eigenvalue weighted by Gasteiger charge is -2.11. The maximum atomic E-state index is 12.1. The van der Waals surface area contributed by atoms with Gasteiger partial charge in [0.2, 0.25) is 5.91 Å². The molecule has 4 nitrogen and oxygen atoms in total. The Morgan fingerprint density at radius 1 is 0.871 bits per heavy atom. The van der Waals surface area contributed by atoms with Gasteiger partial charge in [0.1, 0.15) is 0 Å². The van der Waals surface area contributed by atoms with Crippen LogP contribution in [0.2, 0.25) is 0 Å². The predicted molar refractivity (Wildman–Crippen MR) is 127 cm³/mol. The molecular weight excluding hydrogens is 382 g/mol. The molecule has 1 heterocycles. The number of nitrogens with zero attached hydrogens (tertiary/aromatic N) is 2. The zero-order valence-corrected chi connectivity index (χ0v) is 17.7. The largest absolute Gasteiger partial charge is 0.318 e. The van der Waals surface area contributed by atoms with Gasteiger partial charge < -0.3 is 4.57 Å². The van der Waals surface area contributed by atoms with Crippen LogP contribution in [0.15, 0.2) is 96.1 Å². The van der Waals surface area contributed by atoms with Crippen molar-refractivity contribution in [2.45, 2.75) is 20.3 Å². The second-order valence-electron chi connectivity index (χ2n) is 7.53. The molecule has 0 aliphatic rings. The first kappa shape index (κ1) is 20.4. The average Bonchev–Trinajstić information content (AvgIpc) is 3.08. The van der Waals surface area contributed by atoms with Crippen molar-refractivity contribution < 1.29 is 4.79 Å². The van der Waals surface area contributed by atoms with Crippen LogP contribution in [0.4, 0.5) is 0 Å². The SMILES string of the molecule is Cc1cc(/C=N\NC(=O)Cc2ccccc2)c(C)n1-c1ccc(-c2ccccc2)cc1. The Balaban J connectivity index is 1.47. The lowest BCUT2D eigenvalue weighted by Crippen LogP contribution is -2.19. The Hall–Kier alpha value is -3.92. The molecule has 3 aromatic carbocycles. The molecule has 4 heteroatoms. The predicted octanol–water partition coefficient (Wildman–Crippen LogP) is 5.45. The molecule has 1 aromatic heterocycles. The van der Waals surface area contributed by atoms with Gasteiger partial charge in [-0.25, -0.2) is 5.43 Å². The molecule has 4 rings (SSSR count). The Labute approximate surface area is 182 Å². The highest BCUT2D eigenvalue weighted by Gasteiger charge is 2.10. The third kappa shape index (κ3) is 4.81. The van der Waals surface area contributed by atoms with Crippen molar-refractivity contribution in [2.24, 2.45) is 5.10 Å². The van der Waals surface area contributed by atoms with E-state index in [-0.39, 0.29) is 5.91 Å². The number of hydrogen-bond acceptors (Lipinski definition) is 2. The van der Waals surface area contributed by atoms with Gasteiger partial charge in [0.25, 0.3) is 0 Å². The fourth-order valence-corrected chi connectivity index (χ4v) is 3.74. The summed E-state index contributed by atoms with van der Waals surface area (Å²) in [6.07, 6.45) is 2.02. The van der Waals surface area contributed by atoms with E-state index in [1.54, 1.807) is 6.21 Å². The number of aromatic nitrogens is 1. The van der Waals surface area contributed by atoms with E-state index in [0.717, 1.165) is 28.2 Å². The van der Waals surface area contributed by atoms with E-state index in [2.05, 4.69) is 71.4 Å². The number of nitrogens with one attached hydrogen (secondary N) is 1. The molecule has 31 heavy (non-hydrogen) atoms. The van der Waals surface area contributed by atoms with Crippen LogP contribution in [0.1, 0.15) is 22.5 Å². The van der Waals surface area contributed by atoms with E-state index in [1.165, 1.54) is 11.1 Å². The van der Waals surface area contributed by atoms with Gasteiger partial charge >= 0.3 is 0 Å². The Morgan fingerprint density at radius 2 is 1.48 bits per heavy atom. The van der Waals surface area contributed by atoms with Crippen molar-refractivity contribution in [1.82, 2.24) is 9.99 Å². The number of carbonyl (C=O) groups is 1. The summed E-state index contributed by atoms with van der Waals surface area (Å²) in [6, 6.07) is 30.6. The zero-order valence-electron chi connectivity index (χ0n) is 17.7. The van der Waals surface area contributed by atoms with E-state index in [1.807, 2.05) is 48.5 Å². The summed E-state index contributed by atoms with van der Waals surface area (Å²) in [6.45, 7) is 4.13. The molecule has 4 aromatic rings. The monoisotopic (exact) mass is 407 g/mol. The molecule has 1 amide bonds. The zero-order chi connectivity index (χ0) is 21.6. The summed E-state index contributed by atoms with van der Waals surface area (Å²) in [5, 5.41) is 4.16. The molecule has 0 aliphatic heterocycles. The van der Waals surface area contributed by atoms with Crippen LogP contribution in [0.3, 0.4) is 0 Å². The van der Waals surface area contributed by atoms with Crippen LogP contribution >= 0.6 is 0 Å². The van der Waals surface area contributed by atoms with Crippen molar-refractivity contribution in [1.29, 1.82) is 0 Å². The molecule has 0 bridgehead atoms. The highest BCUT2D eigenvalue weighted by atomic mass is 16.2. The standard InChI is InChI=1S/C27H25N3O/c1-20-17-25(19-28-29-27(31)18-22-9-5-3-6-10-22)21(2)30(20)26-15-13-24(14-16-26)23-11-7-4-8-12-23/h3-17,19H,18H2,1-2H3,(H,29,31)/b28-19-. The Morgan fingerprint density at radius 3 is 2.16 bits per heavy atom. The van der Waals surface area contributed by atoms with Gasteiger partial charge in [-0.2, -0.15) is 5.10 Å². The molecule has 0 radical (unpaired) electrons. The van der Waals surface area contributed by atoms with Gasteiger partial charge in [0.05, 0.1) is 12.6 Å². The molecule has 0 aliphatic carbocycles. The van der Waals surface area contributed by atoms with Crippen molar-refractivity contribution in [2.75, 3.05) is 0 Å². The average molecular weight is 408 g/mol. The lowest BCUT2D eigenvalue weighted by atomic mass is 10.1. The molecule has 0 fully saturated rings. The topological polar surface area (TPSA) is 46.4 Å². The van der Waals surface area contributed by atoms with E-state index in [0.29, 0.717) is 6.42 Å². The van der Waals surface area contributed by atoms with Crippen molar-refractivity contribution in [3.8, 4) is 16.8 Å². The first-order valence-electron chi connectivity index (χ1n) is 10.3. The summed E-state index contributed by atoms with van der Waals surface area (Å²) in [5.41, 5.74) is 10.2. The van der Waals surface area contributed by atoms with Crippen LogP contribution in [-0.4, -0.2) is 16.7 Å². The summed E-state index contributed by atoms with van der Waals surface area (Å²) >= 11 is 0. The van der Waals surface area contributed by atoms with E-state index >= 15 is 0 Å². The van der Waals surface area contributed by atoms with Gasteiger partial charge in [0.15, 0.2) is 0 Å². The fourth-order valence-electron chi connectivity index (χ4n) is 3.74. The number of benzene rings is 3. The summed E-state index contributed by atoms with van der Waals surface area (Å²) < 4.78 is 2.20. The summed E-state index contributed by atoms with van der Waals surface area (Å²) in [4.78, 5) is 12.1. The van der Waals surface area contributed by atoms with Crippen LogP contribution < -0.4 is 5.43 Å². The minimum absolute atomic E-state index is 0.132. The fraction of sp³-hybridized carbons (Fsp3) is 0.111. The van der Waals surface area contributed by atoms with Gasteiger partial charge in [-0.1, -0.05) is 72.8 Å². The third-order valence-electron chi connectivity index (χ3n) is 5.30. The molecule has 1 N–H and O–H groups in total. The second kappa shape index (κ2) is 9.26. The van der Waals surface area contributed by atoms with E-state index in [4.69, 9.17) is 0 Å². The van der Waals surface area contributed by atoms with E-state index in [9.17, 15) is 4.79 Å². The lowest BCUT2D eigenvalue weighted by molar-refractivity contribution is -0.120. The highest BCUT2D eigenvalue weighted by molar-refractivity contribution is 5.85. The smallest absolute Gasteiger partial charge is 0.244 e. The van der Waals surface area contributed by atoms with E-state index < -0.39 is 0 Å². The van der Waals surface area contributed by atoms with Crippen LogP contribution in [0.5, 0.6) is 0 Å². The van der Waals surface area contributed by atoms with Crippen molar-refractivity contribution >= 4 is 12.1 Å².